The fourth-order valence-electron chi connectivity index (χ4n) is 3.38. The summed E-state index contributed by atoms with van der Waals surface area (Å²) in [4.78, 5) is 17.0. The van der Waals surface area contributed by atoms with E-state index in [0.29, 0.717) is 35.5 Å². The van der Waals surface area contributed by atoms with E-state index < -0.39 is 27.8 Å². The van der Waals surface area contributed by atoms with Gasteiger partial charge in [0.15, 0.2) is 11.5 Å². The van der Waals surface area contributed by atoms with Crippen molar-refractivity contribution in [1.82, 2.24) is 9.29 Å². The number of oxazole rings is 1. The molecule has 0 spiro atoms. The topological polar surface area (TPSA) is 92.5 Å². The van der Waals surface area contributed by atoms with Crippen LogP contribution in [-0.4, -0.2) is 36.2 Å². The van der Waals surface area contributed by atoms with Crippen molar-refractivity contribution in [3.63, 3.8) is 0 Å². The van der Waals surface area contributed by atoms with E-state index in [9.17, 15) is 17.6 Å². The van der Waals surface area contributed by atoms with Gasteiger partial charge in [-0.05, 0) is 55.3 Å². The number of sulfonamides is 1. The van der Waals surface area contributed by atoms with Crippen LogP contribution in [0.15, 0.2) is 51.8 Å². The molecule has 7 nitrogen and oxygen atoms in total. The molecule has 1 atom stereocenters. The summed E-state index contributed by atoms with van der Waals surface area (Å²) in [7, 11) is -3.89. The molecule has 9 heteroatoms. The Bertz CT molecular complexity index is 1140. The van der Waals surface area contributed by atoms with Crippen molar-refractivity contribution in [1.29, 1.82) is 0 Å². The van der Waals surface area contributed by atoms with Crippen LogP contribution in [0.4, 0.5) is 10.1 Å². The normalized spacial score (nSPS) is 17.9. The van der Waals surface area contributed by atoms with E-state index in [1.54, 1.807) is 25.1 Å². The lowest BCUT2D eigenvalue weighted by Gasteiger charge is -2.23. The van der Waals surface area contributed by atoms with Gasteiger partial charge in [0.1, 0.15) is 17.4 Å². The summed E-state index contributed by atoms with van der Waals surface area (Å²) in [6, 6.07) is 8.82. The third kappa shape index (κ3) is 3.38. The molecule has 0 bridgehead atoms. The average molecular weight is 403 g/mol. The summed E-state index contributed by atoms with van der Waals surface area (Å²) in [5.74, 6) is -0.415. The Morgan fingerprint density at radius 2 is 2.00 bits per heavy atom. The van der Waals surface area contributed by atoms with Crippen molar-refractivity contribution in [2.45, 2.75) is 30.7 Å². The predicted molar refractivity (Wildman–Crippen MR) is 101 cm³/mol. The highest BCUT2D eigenvalue weighted by atomic mass is 32.2. The maximum atomic E-state index is 13.1. The maximum Gasteiger partial charge on any atom is 0.243 e. The molecule has 1 amide bonds. The number of rotatable bonds is 4. The van der Waals surface area contributed by atoms with Crippen molar-refractivity contribution >= 4 is 32.7 Å². The number of halogens is 1. The van der Waals surface area contributed by atoms with Gasteiger partial charge in [0, 0.05) is 19.2 Å². The summed E-state index contributed by atoms with van der Waals surface area (Å²) >= 11 is 0. The number of carbonyl (C=O) groups excluding carboxylic acids is 1. The molecule has 1 saturated heterocycles. The van der Waals surface area contributed by atoms with Gasteiger partial charge >= 0.3 is 0 Å². The summed E-state index contributed by atoms with van der Waals surface area (Å²) < 4.78 is 45.5. The van der Waals surface area contributed by atoms with E-state index >= 15 is 0 Å². The van der Waals surface area contributed by atoms with Crippen LogP contribution in [-0.2, 0) is 14.8 Å². The molecule has 28 heavy (non-hydrogen) atoms. The number of hydrogen-bond donors (Lipinski definition) is 1. The fourth-order valence-corrected chi connectivity index (χ4v) is 5.03. The standard InChI is InChI=1S/C19H18FN3O4S/c1-12-21-16-11-14(6-9-18(16)27-12)22-19(24)17-3-2-10-23(17)28(25,26)15-7-4-13(20)5-8-15/h4-9,11,17H,2-3,10H2,1H3,(H,22,24)/t17-/m0/s1. The van der Waals surface area contributed by atoms with E-state index in [1.165, 1.54) is 16.4 Å². The summed E-state index contributed by atoms with van der Waals surface area (Å²) in [6.07, 6.45) is 0.984. The molecule has 2 heterocycles. The van der Waals surface area contributed by atoms with Crippen LogP contribution in [0.5, 0.6) is 0 Å². The Morgan fingerprint density at radius 3 is 2.75 bits per heavy atom. The first kappa shape index (κ1) is 18.6. The highest BCUT2D eigenvalue weighted by Crippen LogP contribution is 2.28. The van der Waals surface area contributed by atoms with Gasteiger partial charge in [-0.2, -0.15) is 4.31 Å². The number of amides is 1. The number of hydrogen-bond acceptors (Lipinski definition) is 5. The molecule has 1 aromatic heterocycles. The quantitative estimate of drug-likeness (QED) is 0.723. The Kier molecular flexibility index (Phi) is 4.64. The van der Waals surface area contributed by atoms with E-state index in [1.807, 2.05) is 0 Å². The Labute approximate surface area is 161 Å². The van der Waals surface area contributed by atoms with Crippen LogP contribution in [0.1, 0.15) is 18.7 Å². The largest absolute Gasteiger partial charge is 0.441 e. The minimum Gasteiger partial charge on any atom is -0.441 e. The molecule has 146 valence electrons. The molecule has 2 aromatic carbocycles. The zero-order chi connectivity index (χ0) is 19.9. The smallest absolute Gasteiger partial charge is 0.243 e. The second-order valence-electron chi connectivity index (χ2n) is 6.63. The molecule has 0 saturated carbocycles. The van der Waals surface area contributed by atoms with Crippen LogP contribution in [0.3, 0.4) is 0 Å². The lowest BCUT2D eigenvalue weighted by molar-refractivity contribution is -0.119. The van der Waals surface area contributed by atoms with Gasteiger partial charge in [-0.15, -0.1) is 0 Å². The second-order valence-corrected chi connectivity index (χ2v) is 8.52. The van der Waals surface area contributed by atoms with Crippen LogP contribution < -0.4 is 5.32 Å². The first-order valence-electron chi connectivity index (χ1n) is 8.80. The van der Waals surface area contributed by atoms with E-state index in [-0.39, 0.29) is 11.4 Å². The van der Waals surface area contributed by atoms with Crippen molar-refractivity contribution in [3.8, 4) is 0 Å². The highest BCUT2D eigenvalue weighted by Gasteiger charge is 2.39. The third-order valence-corrected chi connectivity index (χ3v) is 6.61. The zero-order valence-electron chi connectivity index (χ0n) is 15.1. The molecular formula is C19H18FN3O4S. The molecule has 1 aliphatic rings. The number of nitrogens with one attached hydrogen (secondary N) is 1. The first-order chi connectivity index (χ1) is 13.3. The lowest BCUT2D eigenvalue weighted by atomic mass is 10.2. The Hall–Kier alpha value is -2.78. The zero-order valence-corrected chi connectivity index (χ0v) is 15.9. The van der Waals surface area contributed by atoms with Gasteiger partial charge in [-0.1, -0.05) is 0 Å². The molecule has 4 rings (SSSR count). The second kappa shape index (κ2) is 6.99. The maximum absolute atomic E-state index is 13.1. The van der Waals surface area contributed by atoms with E-state index in [0.717, 1.165) is 12.1 Å². The third-order valence-electron chi connectivity index (χ3n) is 4.69. The number of benzene rings is 2. The van der Waals surface area contributed by atoms with Crippen LogP contribution in [0.25, 0.3) is 11.1 Å². The summed E-state index contributed by atoms with van der Waals surface area (Å²) in [5, 5.41) is 2.76. The SMILES string of the molecule is Cc1nc2cc(NC(=O)[C@@H]3CCCN3S(=O)(=O)c3ccc(F)cc3)ccc2o1. The molecule has 0 radical (unpaired) electrons. The number of nitrogens with zero attached hydrogens (tertiary/aromatic N) is 2. The van der Waals surface area contributed by atoms with Crippen LogP contribution >= 0.6 is 0 Å². The minimum absolute atomic E-state index is 0.0342. The Morgan fingerprint density at radius 1 is 1.25 bits per heavy atom. The van der Waals surface area contributed by atoms with Crippen molar-refractivity contribution in [2.75, 3.05) is 11.9 Å². The fraction of sp³-hybridized carbons (Fsp3) is 0.263. The number of aromatic nitrogens is 1. The molecule has 0 aliphatic carbocycles. The van der Waals surface area contributed by atoms with Crippen molar-refractivity contribution in [2.24, 2.45) is 0 Å². The van der Waals surface area contributed by atoms with Crippen molar-refractivity contribution in [3.05, 3.63) is 54.2 Å². The summed E-state index contributed by atoms with van der Waals surface area (Å²) in [5.41, 5.74) is 1.73. The molecule has 0 unspecified atom stereocenters. The average Bonchev–Trinajstić information content (AvgIpc) is 3.28. The van der Waals surface area contributed by atoms with Gasteiger partial charge in [-0.25, -0.2) is 17.8 Å². The number of fused-ring (bicyclic) bond motifs is 1. The Balaban J connectivity index is 1.56. The molecule has 1 N–H and O–H groups in total. The van der Waals surface area contributed by atoms with Gasteiger partial charge in [-0.3, -0.25) is 4.79 Å². The molecular weight excluding hydrogens is 385 g/mol. The first-order valence-corrected chi connectivity index (χ1v) is 10.2. The van der Waals surface area contributed by atoms with Gasteiger partial charge in [0.05, 0.1) is 4.90 Å². The van der Waals surface area contributed by atoms with E-state index in [2.05, 4.69) is 10.3 Å². The monoisotopic (exact) mass is 403 g/mol. The minimum atomic E-state index is -3.89. The number of carbonyl (C=O) groups is 1. The van der Waals surface area contributed by atoms with Crippen molar-refractivity contribution < 1.29 is 22.0 Å². The van der Waals surface area contributed by atoms with Gasteiger partial charge in [0.2, 0.25) is 15.9 Å². The predicted octanol–water partition coefficient (Wildman–Crippen LogP) is 3.07. The van der Waals surface area contributed by atoms with Gasteiger partial charge in [0.25, 0.3) is 0 Å². The molecule has 3 aromatic rings. The number of aryl methyl sites for hydroxylation is 1. The molecule has 1 fully saturated rings. The van der Waals surface area contributed by atoms with E-state index in [4.69, 9.17) is 4.42 Å². The molecule has 1 aliphatic heterocycles. The summed E-state index contributed by atoms with van der Waals surface area (Å²) in [6.45, 7) is 1.97. The highest BCUT2D eigenvalue weighted by molar-refractivity contribution is 7.89. The lowest BCUT2D eigenvalue weighted by Crippen LogP contribution is -2.43. The van der Waals surface area contributed by atoms with Crippen LogP contribution in [0, 0.1) is 12.7 Å². The number of anilines is 1. The van der Waals surface area contributed by atoms with Crippen LogP contribution in [0.2, 0.25) is 0 Å². The van der Waals surface area contributed by atoms with Gasteiger partial charge < -0.3 is 9.73 Å².